The molecular formula is C19H20F4IN5OS. The number of benzene rings is 1. The van der Waals surface area contributed by atoms with Gasteiger partial charge in [-0.05, 0) is 24.3 Å². The lowest BCUT2D eigenvalue weighted by Crippen LogP contribution is -2.39. The number of guanidine groups is 1. The first-order chi connectivity index (χ1) is 14.3. The average molecular weight is 569 g/mol. The molecule has 0 aliphatic carbocycles. The number of halogens is 5. The van der Waals surface area contributed by atoms with E-state index in [0.29, 0.717) is 48.4 Å². The molecule has 6 nitrogen and oxygen atoms in total. The fourth-order valence-corrected chi connectivity index (χ4v) is 3.33. The third-order valence-corrected chi connectivity index (χ3v) is 4.92. The molecule has 12 heteroatoms. The van der Waals surface area contributed by atoms with Crippen LogP contribution in [-0.4, -0.2) is 36.1 Å². The topological polar surface area (TPSA) is 75.3 Å². The molecule has 0 aliphatic rings. The smallest absolute Gasteiger partial charge is 0.434 e. The first kappa shape index (κ1) is 25.0. The van der Waals surface area contributed by atoms with Gasteiger partial charge in [-0.3, -0.25) is 4.99 Å². The predicted molar refractivity (Wildman–Crippen MR) is 121 cm³/mol. The van der Waals surface area contributed by atoms with Crippen LogP contribution in [0.3, 0.4) is 0 Å². The van der Waals surface area contributed by atoms with Crippen molar-refractivity contribution in [3.8, 4) is 11.5 Å². The van der Waals surface area contributed by atoms with Crippen molar-refractivity contribution < 1.29 is 22.0 Å². The summed E-state index contributed by atoms with van der Waals surface area (Å²) in [6.45, 7) is 0.910. The highest BCUT2D eigenvalue weighted by atomic mass is 127. The van der Waals surface area contributed by atoms with Crippen molar-refractivity contribution in [3.63, 3.8) is 0 Å². The third-order valence-electron chi connectivity index (χ3n) is 4.01. The molecule has 2 aromatic heterocycles. The number of oxazole rings is 1. The van der Waals surface area contributed by atoms with E-state index < -0.39 is 11.9 Å². The number of hydrogen-bond acceptors (Lipinski definition) is 5. The van der Waals surface area contributed by atoms with Crippen LogP contribution >= 0.6 is 35.3 Å². The molecule has 3 aromatic rings. The van der Waals surface area contributed by atoms with Gasteiger partial charge < -0.3 is 15.1 Å². The van der Waals surface area contributed by atoms with Crippen LogP contribution in [0, 0.1) is 5.82 Å². The number of alkyl halides is 3. The molecule has 0 saturated carbocycles. The Kier molecular flexibility index (Phi) is 9.22. The second-order valence-corrected chi connectivity index (χ2v) is 7.14. The minimum absolute atomic E-state index is 0. The summed E-state index contributed by atoms with van der Waals surface area (Å²) in [5.74, 6) is 0.600. The van der Waals surface area contributed by atoms with Crippen LogP contribution in [0.1, 0.15) is 16.4 Å². The maximum atomic E-state index is 13.0. The van der Waals surface area contributed by atoms with Crippen molar-refractivity contribution in [1.82, 2.24) is 20.6 Å². The summed E-state index contributed by atoms with van der Waals surface area (Å²) in [5, 5.41) is 7.55. The fourth-order valence-electron chi connectivity index (χ4n) is 2.52. The zero-order valence-corrected chi connectivity index (χ0v) is 19.5. The van der Waals surface area contributed by atoms with Gasteiger partial charge in [0.15, 0.2) is 11.7 Å². The summed E-state index contributed by atoms with van der Waals surface area (Å²) in [7, 11) is 1.60. The molecule has 31 heavy (non-hydrogen) atoms. The van der Waals surface area contributed by atoms with E-state index in [0.717, 1.165) is 22.4 Å². The zero-order valence-electron chi connectivity index (χ0n) is 16.4. The van der Waals surface area contributed by atoms with Gasteiger partial charge in [-0.1, -0.05) is 0 Å². The summed E-state index contributed by atoms with van der Waals surface area (Å²) < 4.78 is 56.1. The molecule has 168 valence electrons. The van der Waals surface area contributed by atoms with Gasteiger partial charge in [-0.25, -0.2) is 14.4 Å². The molecule has 0 saturated heterocycles. The number of rotatable bonds is 7. The number of aliphatic imine (C=N–C) groups is 1. The molecule has 2 heterocycles. The minimum atomic E-state index is -4.42. The Bertz CT molecular complexity index is 988. The second kappa shape index (κ2) is 11.4. The van der Waals surface area contributed by atoms with E-state index in [2.05, 4.69) is 25.6 Å². The first-order valence-electron chi connectivity index (χ1n) is 9.01. The van der Waals surface area contributed by atoms with E-state index in [1.165, 1.54) is 18.4 Å². The SMILES string of the molecule is CN=C(NCCc1coc(-c2ccc(F)cc2)n1)NCCc1nc(C(F)(F)F)cs1.I. The predicted octanol–water partition coefficient (Wildman–Crippen LogP) is 4.52. The van der Waals surface area contributed by atoms with Crippen molar-refractivity contribution in [2.24, 2.45) is 4.99 Å². The standard InChI is InChI=1S/C19H19F4N5OS.HI/c1-24-18(26-9-7-16-28-15(11-30-16)19(21,22)23)25-8-6-14-10-29-17(27-14)12-2-4-13(20)5-3-12;/h2-5,10-11H,6-9H2,1H3,(H2,24,25,26);1H. The largest absolute Gasteiger partial charge is 0.444 e. The van der Waals surface area contributed by atoms with Crippen LogP contribution in [0.4, 0.5) is 17.6 Å². The Morgan fingerprint density at radius 1 is 1.10 bits per heavy atom. The number of hydrogen-bond donors (Lipinski definition) is 2. The van der Waals surface area contributed by atoms with Crippen LogP contribution in [-0.2, 0) is 19.0 Å². The van der Waals surface area contributed by atoms with E-state index >= 15 is 0 Å². The monoisotopic (exact) mass is 569 g/mol. The van der Waals surface area contributed by atoms with Gasteiger partial charge in [-0.15, -0.1) is 35.3 Å². The van der Waals surface area contributed by atoms with Crippen LogP contribution in [0.2, 0.25) is 0 Å². The highest BCUT2D eigenvalue weighted by Gasteiger charge is 2.33. The van der Waals surface area contributed by atoms with E-state index in [1.807, 2.05) is 0 Å². The minimum Gasteiger partial charge on any atom is -0.444 e. The summed E-state index contributed by atoms with van der Waals surface area (Å²) >= 11 is 0.981. The molecule has 0 bridgehead atoms. The molecule has 2 N–H and O–H groups in total. The maximum absolute atomic E-state index is 13.0. The number of thiazole rings is 1. The summed E-state index contributed by atoms with van der Waals surface area (Å²) in [6, 6.07) is 5.86. The van der Waals surface area contributed by atoms with Crippen LogP contribution in [0.5, 0.6) is 0 Å². The lowest BCUT2D eigenvalue weighted by molar-refractivity contribution is -0.140. The Morgan fingerprint density at radius 2 is 1.77 bits per heavy atom. The second-order valence-electron chi connectivity index (χ2n) is 6.20. The van der Waals surface area contributed by atoms with Crippen LogP contribution in [0.25, 0.3) is 11.5 Å². The average Bonchev–Trinajstić information content (AvgIpc) is 3.37. The highest BCUT2D eigenvalue weighted by molar-refractivity contribution is 14.0. The third kappa shape index (κ3) is 7.45. The highest BCUT2D eigenvalue weighted by Crippen LogP contribution is 2.30. The normalized spacial score (nSPS) is 11.8. The van der Waals surface area contributed by atoms with Gasteiger partial charge in [0.1, 0.15) is 12.1 Å². The Balaban J connectivity index is 0.00000341. The summed E-state index contributed by atoms with van der Waals surface area (Å²) in [4.78, 5) is 12.0. The summed E-state index contributed by atoms with van der Waals surface area (Å²) in [5.41, 5.74) is 0.543. The van der Waals surface area contributed by atoms with E-state index in [1.54, 1.807) is 19.2 Å². The van der Waals surface area contributed by atoms with Gasteiger partial charge >= 0.3 is 6.18 Å². The number of aromatic nitrogens is 2. The fraction of sp³-hybridized carbons (Fsp3) is 0.316. The molecule has 0 atom stereocenters. The number of nitrogens with one attached hydrogen (secondary N) is 2. The summed E-state index contributed by atoms with van der Waals surface area (Å²) in [6.07, 6.45) is -1.96. The van der Waals surface area contributed by atoms with Gasteiger partial charge in [0, 0.05) is 43.9 Å². The van der Waals surface area contributed by atoms with Gasteiger partial charge in [0.25, 0.3) is 0 Å². The first-order valence-corrected chi connectivity index (χ1v) is 9.89. The Hall–Kier alpha value is -2.22. The van der Waals surface area contributed by atoms with E-state index in [-0.39, 0.29) is 29.8 Å². The molecular weight excluding hydrogens is 549 g/mol. The zero-order chi connectivity index (χ0) is 21.6. The van der Waals surface area contributed by atoms with Crippen LogP contribution in [0.15, 0.2) is 45.3 Å². The van der Waals surface area contributed by atoms with E-state index in [4.69, 9.17) is 4.42 Å². The molecule has 0 radical (unpaired) electrons. The van der Waals surface area contributed by atoms with Crippen LogP contribution < -0.4 is 10.6 Å². The molecule has 1 aromatic carbocycles. The lowest BCUT2D eigenvalue weighted by Gasteiger charge is -2.10. The Morgan fingerprint density at radius 3 is 2.39 bits per heavy atom. The molecule has 0 aliphatic heterocycles. The molecule has 0 unspecified atom stereocenters. The van der Waals surface area contributed by atoms with Gasteiger partial charge in [0.2, 0.25) is 5.89 Å². The quantitative estimate of drug-likeness (QED) is 0.190. The molecule has 0 amide bonds. The lowest BCUT2D eigenvalue weighted by atomic mass is 10.2. The molecule has 0 fully saturated rings. The van der Waals surface area contributed by atoms with Gasteiger partial charge in [0.05, 0.1) is 10.7 Å². The number of nitrogens with zero attached hydrogens (tertiary/aromatic N) is 3. The van der Waals surface area contributed by atoms with Crippen molar-refractivity contribution in [2.45, 2.75) is 19.0 Å². The van der Waals surface area contributed by atoms with Gasteiger partial charge in [-0.2, -0.15) is 13.2 Å². The molecule has 3 rings (SSSR count). The van der Waals surface area contributed by atoms with Crippen molar-refractivity contribution in [2.75, 3.05) is 20.1 Å². The Labute approximate surface area is 197 Å². The van der Waals surface area contributed by atoms with Crippen molar-refractivity contribution in [1.29, 1.82) is 0 Å². The van der Waals surface area contributed by atoms with Crippen molar-refractivity contribution >= 4 is 41.3 Å². The molecule has 0 spiro atoms. The van der Waals surface area contributed by atoms with Crippen molar-refractivity contribution in [3.05, 3.63) is 58.1 Å². The van der Waals surface area contributed by atoms with E-state index in [9.17, 15) is 17.6 Å². The maximum Gasteiger partial charge on any atom is 0.434 e.